The van der Waals surface area contributed by atoms with Crippen LogP contribution in [0.15, 0.2) is 29.6 Å². The molecule has 1 atom stereocenters. The smallest absolute Gasteiger partial charge is 0.256 e. The van der Waals surface area contributed by atoms with E-state index < -0.39 is 11.7 Å². The maximum atomic E-state index is 14.5. The van der Waals surface area contributed by atoms with Gasteiger partial charge in [-0.15, -0.1) is 36.2 Å². The van der Waals surface area contributed by atoms with Crippen molar-refractivity contribution in [3.05, 3.63) is 41.2 Å². The highest BCUT2D eigenvalue weighted by Gasteiger charge is 2.48. The number of nitrogens with zero attached hydrogens (tertiary/aromatic N) is 3. The molecule has 32 heavy (non-hydrogen) atoms. The molecule has 2 saturated heterocycles. The van der Waals surface area contributed by atoms with Gasteiger partial charge in [-0.3, -0.25) is 4.79 Å². The number of rotatable bonds is 5. The molecule has 1 aromatic heterocycles. The summed E-state index contributed by atoms with van der Waals surface area (Å²) in [6, 6.07) is 6.50. The van der Waals surface area contributed by atoms with Gasteiger partial charge in [0.15, 0.2) is 5.13 Å². The van der Waals surface area contributed by atoms with Gasteiger partial charge in [-0.1, -0.05) is 26.0 Å². The van der Waals surface area contributed by atoms with Crippen molar-refractivity contribution in [3.8, 4) is 0 Å². The largest absolute Gasteiger partial charge is 0.375 e. The maximum Gasteiger partial charge on any atom is 0.256 e. The number of thiazole rings is 1. The number of carbonyl (C=O) groups excluding carboxylic acids is 1. The lowest BCUT2D eigenvalue weighted by molar-refractivity contribution is -0.171. The van der Waals surface area contributed by atoms with Crippen molar-refractivity contribution < 1.29 is 13.9 Å². The van der Waals surface area contributed by atoms with Gasteiger partial charge in [0.2, 0.25) is 0 Å². The monoisotopic (exact) mass is 504 g/mol. The van der Waals surface area contributed by atoms with Gasteiger partial charge in [0, 0.05) is 31.4 Å². The molecule has 3 heterocycles. The molecule has 178 valence electrons. The van der Waals surface area contributed by atoms with Gasteiger partial charge in [0.1, 0.15) is 11.9 Å². The van der Waals surface area contributed by atoms with Crippen molar-refractivity contribution in [2.45, 2.75) is 44.8 Å². The third-order valence-electron chi connectivity index (χ3n) is 6.10. The van der Waals surface area contributed by atoms with Gasteiger partial charge >= 0.3 is 0 Å². The number of amides is 1. The zero-order valence-electron chi connectivity index (χ0n) is 18.3. The summed E-state index contributed by atoms with van der Waals surface area (Å²) < 4.78 is 20.9. The highest BCUT2D eigenvalue weighted by atomic mass is 35.5. The lowest BCUT2D eigenvalue weighted by Gasteiger charge is -2.50. The molecule has 0 radical (unpaired) electrons. The number of morpholine rings is 1. The van der Waals surface area contributed by atoms with Gasteiger partial charge < -0.3 is 20.3 Å². The maximum absolute atomic E-state index is 14.5. The predicted octanol–water partition coefficient (Wildman–Crippen LogP) is 4.17. The van der Waals surface area contributed by atoms with E-state index >= 15 is 0 Å². The number of carbonyl (C=O) groups is 1. The summed E-state index contributed by atoms with van der Waals surface area (Å²) in [7, 11) is 0. The SMILES string of the molecule is CC(C)C1OC2(CCN(CCc3csc(N)n3)CC2)CN(c2ccccc2F)C1=O.Cl.Cl. The minimum absolute atomic E-state index is 0. The first kappa shape index (κ1) is 26.8. The molecule has 0 bridgehead atoms. The van der Waals surface area contributed by atoms with Gasteiger partial charge in [0.25, 0.3) is 5.91 Å². The van der Waals surface area contributed by atoms with Crippen LogP contribution in [0.1, 0.15) is 32.4 Å². The lowest BCUT2D eigenvalue weighted by Crippen LogP contribution is -2.63. The minimum Gasteiger partial charge on any atom is -0.375 e. The molecule has 2 aliphatic heterocycles. The average Bonchev–Trinajstić information content (AvgIpc) is 3.15. The zero-order valence-corrected chi connectivity index (χ0v) is 20.8. The van der Waals surface area contributed by atoms with Gasteiger partial charge in [-0.25, -0.2) is 9.37 Å². The summed E-state index contributed by atoms with van der Waals surface area (Å²) >= 11 is 1.47. The number of nitrogens with two attached hydrogens (primary N) is 1. The Morgan fingerprint density at radius 3 is 2.56 bits per heavy atom. The quantitative estimate of drug-likeness (QED) is 0.661. The van der Waals surface area contributed by atoms with Crippen LogP contribution >= 0.6 is 36.2 Å². The van der Waals surface area contributed by atoms with E-state index in [1.165, 1.54) is 17.4 Å². The van der Waals surface area contributed by atoms with Crippen LogP contribution in [0.5, 0.6) is 0 Å². The molecule has 10 heteroatoms. The van der Waals surface area contributed by atoms with Gasteiger partial charge in [0.05, 0.1) is 23.5 Å². The van der Waals surface area contributed by atoms with Crippen LogP contribution in [0, 0.1) is 11.7 Å². The predicted molar refractivity (Wildman–Crippen MR) is 132 cm³/mol. The molecule has 0 saturated carbocycles. The molecule has 2 aromatic rings. The molecule has 6 nitrogen and oxygen atoms in total. The number of ether oxygens (including phenoxy) is 1. The molecule has 1 unspecified atom stereocenters. The van der Waals surface area contributed by atoms with E-state index in [4.69, 9.17) is 10.5 Å². The zero-order chi connectivity index (χ0) is 21.3. The first-order valence-corrected chi connectivity index (χ1v) is 11.4. The fourth-order valence-electron chi connectivity index (χ4n) is 4.34. The van der Waals surface area contributed by atoms with Crippen molar-refractivity contribution in [2.24, 2.45) is 5.92 Å². The first-order chi connectivity index (χ1) is 14.4. The molecule has 0 aliphatic carbocycles. The summed E-state index contributed by atoms with van der Waals surface area (Å²) in [4.78, 5) is 21.4. The Labute approximate surface area is 205 Å². The van der Waals surface area contributed by atoms with Crippen molar-refractivity contribution in [1.82, 2.24) is 9.88 Å². The molecule has 2 aliphatic rings. The Morgan fingerprint density at radius 1 is 1.28 bits per heavy atom. The fourth-order valence-corrected chi connectivity index (χ4v) is 4.94. The van der Waals surface area contributed by atoms with E-state index in [0.29, 0.717) is 17.4 Å². The van der Waals surface area contributed by atoms with Crippen LogP contribution in [0.2, 0.25) is 0 Å². The van der Waals surface area contributed by atoms with Crippen LogP contribution in [-0.4, -0.2) is 53.7 Å². The van der Waals surface area contributed by atoms with Crippen LogP contribution in [-0.2, 0) is 16.0 Å². The highest BCUT2D eigenvalue weighted by molar-refractivity contribution is 7.13. The van der Waals surface area contributed by atoms with E-state index in [0.717, 1.165) is 44.6 Å². The number of likely N-dealkylation sites (tertiary alicyclic amines) is 1. The van der Waals surface area contributed by atoms with Crippen molar-refractivity contribution in [2.75, 3.05) is 36.8 Å². The summed E-state index contributed by atoms with van der Waals surface area (Å²) in [5.41, 5.74) is 6.66. The van der Waals surface area contributed by atoms with Gasteiger partial charge in [-0.05, 0) is 30.9 Å². The number of halogens is 3. The third-order valence-corrected chi connectivity index (χ3v) is 6.83. The summed E-state index contributed by atoms with van der Waals surface area (Å²) in [5.74, 6) is -0.494. The van der Waals surface area contributed by atoms with Crippen LogP contribution < -0.4 is 10.6 Å². The molecular weight excluding hydrogens is 474 g/mol. The fraction of sp³-hybridized carbons (Fsp3) is 0.545. The molecular formula is C22H31Cl2FN4O2S. The Balaban J connectivity index is 0.00000181. The third kappa shape index (κ3) is 5.72. The van der Waals surface area contributed by atoms with Crippen LogP contribution in [0.3, 0.4) is 0 Å². The highest BCUT2D eigenvalue weighted by Crippen LogP contribution is 2.37. The number of hydrogen-bond donors (Lipinski definition) is 1. The molecule has 1 aromatic carbocycles. The van der Waals surface area contributed by atoms with E-state index in [1.54, 1.807) is 23.1 Å². The lowest BCUT2D eigenvalue weighted by atomic mass is 9.86. The number of anilines is 2. The summed E-state index contributed by atoms with van der Waals surface area (Å²) in [6.45, 7) is 7.04. The Morgan fingerprint density at radius 2 is 1.97 bits per heavy atom. The average molecular weight is 505 g/mol. The second-order valence-corrected chi connectivity index (χ2v) is 9.50. The van der Waals surface area contributed by atoms with Crippen molar-refractivity contribution >= 4 is 52.9 Å². The van der Waals surface area contributed by atoms with Crippen LogP contribution in [0.25, 0.3) is 0 Å². The van der Waals surface area contributed by atoms with E-state index in [-0.39, 0.29) is 42.5 Å². The molecule has 1 spiro atoms. The van der Waals surface area contributed by atoms with Crippen molar-refractivity contribution in [1.29, 1.82) is 0 Å². The topological polar surface area (TPSA) is 71.7 Å². The Kier molecular flexibility index (Phi) is 9.31. The number of piperidine rings is 1. The molecule has 1 amide bonds. The minimum atomic E-state index is -0.553. The molecule has 4 rings (SSSR count). The van der Waals surface area contributed by atoms with Crippen molar-refractivity contribution in [3.63, 3.8) is 0 Å². The van der Waals surface area contributed by atoms with E-state index in [9.17, 15) is 9.18 Å². The number of hydrogen-bond acceptors (Lipinski definition) is 6. The summed E-state index contributed by atoms with van der Waals surface area (Å²) in [6.07, 6.45) is 1.94. The van der Waals surface area contributed by atoms with E-state index in [2.05, 4.69) is 9.88 Å². The van der Waals surface area contributed by atoms with E-state index in [1.807, 2.05) is 19.2 Å². The standard InChI is InChI=1S/C22H29FN4O2S.2ClH/c1-15(2)19-20(28)27(18-6-4-3-5-17(18)23)14-22(29-19)8-11-26(12-9-22)10-7-16-13-30-21(24)25-16;;/h3-6,13,15,19H,7-12,14H2,1-2H3,(H2,24,25);2*1H. The normalized spacial score (nSPS) is 20.8. The second-order valence-electron chi connectivity index (χ2n) is 8.61. The number of benzene rings is 1. The number of nitrogen functional groups attached to an aromatic ring is 1. The second kappa shape index (κ2) is 11.1. The van der Waals surface area contributed by atoms with Gasteiger partial charge in [-0.2, -0.15) is 0 Å². The van der Waals surface area contributed by atoms with Crippen LogP contribution in [0.4, 0.5) is 15.2 Å². The Hall–Kier alpha value is -1.45. The first-order valence-electron chi connectivity index (χ1n) is 10.5. The molecule has 2 N–H and O–H groups in total. The number of para-hydroxylation sites is 1. The summed E-state index contributed by atoms with van der Waals surface area (Å²) in [5, 5.41) is 2.62. The number of aromatic nitrogens is 1. The molecule has 2 fully saturated rings. The Bertz CT molecular complexity index is 906.